The Morgan fingerprint density at radius 1 is 1.18 bits per heavy atom. The van der Waals surface area contributed by atoms with Gasteiger partial charge < -0.3 is 4.90 Å². The molecule has 2 aromatic carbocycles. The number of aryl methyl sites for hydroxylation is 1. The standard InChI is InChI=1S/C18H18ClNOS/c19-16-8-4-7-15(13-16)18-20(11-12-22-18)17(21)10-9-14-5-2-1-3-6-14/h1-8,13,18H,9-12H2. The third kappa shape index (κ3) is 3.65. The van der Waals surface area contributed by atoms with Crippen LogP contribution in [0.3, 0.4) is 0 Å². The SMILES string of the molecule is O=C(CCc1ccccc1)N1CCSC1c1cccc(Cl)c1. The van der Waals surface area contributed by atoms with Gasteiger partial charge in [-0.1, -0.05) is 54.1 Å². The first-order chi connectivity index (χ1) is 10.7. The summed E-state index contributed by atoms with van der Waals surface area (Å²) in [6, 6.07) is 18.0. The summed E-state index contributed by atoms with van der Waals surface area (Å²) in [5.74, 6) is 1.20. The highest BCUT2D eigenvalue weighted by atomic mass is 35.5. The van der Waals surface area contributed by atoms with Crippen LogP contribution >= 0.6 is 23.4 Å². The van der Waals surface area contributed by atoms with Crippen molar-refractivity contribution in [2.75, 3.05) is 12.3 Å². The number of carbonyl (C=O) groups is 1. The van der Waals surface area contributed by atoms with E-state index in [1.807, 2.05) is 59.1 Å². The van der Waals surface area contributed by atoms with Crippen LogP contribution in [0, 0.1) is 0 Å². The Labute approximate surface area is 140 Å². The van der Waals surface area contributed by atoms with E-state index in [0.717, 1.165) is 29.3 Å². The number of hydrogen-bond donors (Lipinski definition) is 0. The molecule has 2 nitrogen and oxygen atoms in total. The van der Waals surface area contributed by atoms with Crippen LogP contribution in [0.5, 0.6) is 0 Å². The molecule has 0 radical (unpaired) electrons. The molecule has 0 bridgehead atoms. The van der Waals surface area contributed by atoms with Gasteiger partial charge in [-0.15, -0.1) is 11.8 Å². The fourth-order valence-corrected chi connectivity index (χ4v) is 4.17. The van der Waals surface area contributed by atoms with Crippen LogP contribution in [-0.4, -0.2) is 23.1 Å². The molecule has 1 aliphatic rings. The lowest BCUT2D eigenvalue weighted by Gasteiger charge is -2.24. The Morgan fingerprint density at radius 3 is 2.77 bits per heavy atom. The molecule has 22 heavy (non-hydrogen) atoms. The third-order valence-corrected chi connectivity index (χ3v) is 5.31. The van der Waals surface area contributed by atoms with Gasteiger partial charge in [0.05, 0.1) is 0 Å². The zero-order valence-corrected chi connectivity index (χ0v) is 13.8. The quantitative estimate of drug-likeness (QED) is 0.819. The number of halogens is 1. The van der Waals surface area contributed by atoms with Crippen molar-refractivity contribution in [3.8, 4) is 0 Å². The number of rotatable bonds is 4. The highest BCUT2D eigenvalue weighted by Gasteiger charge is 2.30. The van der Waals surface area contributed by atoms with Crippen LogP contribution < -0.4 is 0 Å². The average molecular weight is 332 g/mol. The first-order valence-electron chi connectivity index (χ1n) is 7.44. The maximum absolute atomic E-state index is 12.6. The van der Waals surface area contributed by atoms with Crippen molar-refractivity contribution in [3.63, 3.8) is 0 Å². The van der Waals surface area contributed by atoms with E-state index in [4.69, 9.17) is 11.6 Å². The number of amides is 1. The maximum Gasteiger partial charge on any atom is 0.224 e. The second kappa shape index (κ2) is 7.21. The molecular weight excluding hydrogens is 314 g/mol. The lowest BCUT2D eigenvalue weighted by atomic mass is 10.1. The van der Waals surface area contributed by atoms with Crippen molar-refractivity contribution in [2.45, 2.75) is 18.2 Å². The van der Waals surface area contributed by atoms with Crippen molar-refractivity contribution in [3.05, 3.63) is 70.7 Å². The zero-order valence-electron chi connectivity index (χ0n) is 12.2. The summed E-state index contributed by atoms with van der Waals surface area (Å²) in [6.45, 7) is 0.815. The highest BCUT2D eigenvalue weighted by Crippen LogP contribution is 2.38. The first-order valence-corrected chi connectivity index (χ1v) is 8.87. The van der Waals surface area contributed by atoms with E-state index < -0.39 is 0 Å². The predicted molar refractivity (Wildman–Crippen MR) is 93.1 cm³/mol. The van der Waals surface area contributed by atoms with Gasteiger partial charge in [-0.2, -0.15) is 0 Å². The number of carbonyl (C=O) groups excluding carboxylic acids is 1. The summed E-state index contributed by atoms with van der Waals surface area (Å²) in [5, 5.41) is 0.823. The molecule has 1 saturated heterocycles. The molecule has 0 aromatic heterocycles. The lowest BCUT2D eigenvalue weighted by Crippen LogP contribution is -2.30. The van der Waals surface area contributed by atoms with Gasteiger partial charge in [-0.25, -0.2) is 0 Å². The topological polar surface area (TPSA) is 20.3 Å². The van der Waals surface area contributed by atoms with E-state index in [1.54, 1.807) is 0 Å². The van der Waals surface area contributed by atoms with E-state index >= 15 is 0 Å². The van der Waals surface area contributed by atoms with Crippen molar-refractivity contribution in [1.29, 1.82) is 0 Å². The smallest absolute Gasteiger partial charge is 0.224 e. The van der Waals surface area contributed by atoms with Crippen molar-refractivity contribution in [1.82, 2.24) is 4.90 Å². The molecule has 1 atom stereocenters. The van der Waals surface area contributed by atoms with Gasteiger partial charge in [0.2, 0.25) is 5.91 Å². The average Bonchev–Trinajstić information content (AvgIpc) is 3.03. The molecule has 1 fully saturated rings. The lowest BCUT2D eigenvalue weighted by molar-refractivity contribution is -0.131. The number of thioether (sulfide) groups is 1. The van der Waals surface area contributed by atoms with Crippen LogP contribution in [0.25, 0.3) is 0 Å². The molecule has 1 aliphatic heterocycles. The van der Waals surface area contributed by atoms with Crippen LogP contribution in [0.2, 0.25) is 5.02 Å². The molecule has 0 saturated carbocycles. The van der Waals surface area contributed by atoms with Gasteiger partial charge in [-0.05, 0) is 29.7 Å². The summed E-state index contributed by atoms with van der Waals surface area (Å²) in [4.78, 5) is 14.6. The van der Waals surface area contributed by atoms with Gasteiger partial charge in [0, 0.05) is 23.7 Å². The molecule has 0 N–H and O–H groups in total. The molecule has 1 unspecified atom stereocenters. The van der Waals surface area contributed by atoms with E-state index in [1.165, 1.54) is 5.56 Å². The van der Waals surface area contributed by atoms with Gasteiger partial charge >= 0.3 is 0 Å². The Morgan fingerprint density at radius 2 is 2.00 bits per heavy atom. The van der Waals surface area contributed by atoms with Gasteiger partial charge in [0.15, 0.2) is 0 Å². The molecule has 1 amide bonds. The third-order valence-electron chi connectivity index (χ3n) is 3.82. The molecule has 2 aromatic rings. The van der Waals surface area contributed by atoms with Gasteiger partial charge in [-0.3, -0.25) is 4.79 Å². The summed E-state index contributed by atoms with van der Waals surface area (Å²) in [6.07, 6.45) is 1.35. The van der Waals surface area contributed by atoms with Crippen LogP contribution in [0.4, 0.5) is 0 Å². The minimum Gasteiger partial charge on any atom is -0.326 e. The van der Waals surface area contributed by atoms with Gasteiger partial charge in [0.25, 0.3) is 0 Å². The molecule has 1 heterocycles. The summed E-state index contributed by atoms with van der Waals surface area (Å²) < 4.78 is 0. The Hall–Kier alpha value is -1.45. The zero-order chi connectivity index (χ0) is 15.4. The normalized spacial score (nSPS) is 17.7. The van der Waals surface area contributed by atoms with Gasteiger partial charge in [0.1, 0.15) is 5.37 Å². The molecule has 4 heteroatoms. The van der Waals surface area contributed by atoms with Crippen molar-refractivity contribution < 1.29 is 4.79 Å². The number of hydrogen-bond acceptors (Lipinski definition) is 2. The number of benzene rings is 2. The second-order valence-electron chi connectivity index (χ2n) is 5.35. The molecular formula is C18H18ClNOS. The van der Waals surface area contributed by atoms with Crippen LogP contribution in [0.1, 0.15) is 22.9 Å². The largest absolute Gasteiger partial charge is 0.326 e. The summed E-state index contributed by atoms with van der Waals surface area (Å²) >= 11 is 7.89. The van der Waals surface area contributed by atoms with E-state index in [0.29, 0.717) is 6.42 Å². The molecule has 0 spiro atoms. The molecule has 114 valence electrons. The summed E-state index contributed by atoms with van der Waals surface area (Å²) in [5.41, 5.74) is 2.32. The highest BCUT2D eigenvalue weighted by molar-refractivity contribution is 7.99. The van der Waals surface area contributed by atoms with E-state index in [2.05, 4.69) is 12.1 Å². The minimum absolute atomic E-state index is 0.0990. The predicted octanol–water partition coefficient (Wildman–Crippen LogP) is 4.55. The maximum atomic E-state index is 12.6. The van der Waals surface area contributed by atoms with E-state index in [-0.39, 0.29) is 11.3 Å². The fourth-order valence-electron chi connectivity index (χ4n) is 2.70. The van der Waals surface area contributed by atoms with E-state index in [9.17, 15) is 4.79 Å². The van der Waals surface area contributed by atoms with Crippen molar-refractivity contribution >= 4 is 29.3 Å². The number of nitrogens with zero attached hydrogens (tertiary/aromatic N) is 1. The Balaban J connectivity index is 1.66. The first kappa shape index (κ1) is 15.4. The summed E-state index contributed by atoms with van der Waals surface area (Å²) in [7, 11) is 0. The van der Waals surface area contributed by atoms with Crippen molar-refractivity contribution in [2.24, 2.45) is 0 Å². The Bertz CT molecular complexity index is 647. The second-order valence-corrected chi connectivity index (χ2v) is 6.98. The molecule has 0 aliphatic carbocycles. The Kier molecular flexibility index (Phi) is 5.06. The van der Waals surface area contributed by atoms with Crippen LogP contribution in [-0.2, 0) is 11.2 Å². The minimum atomic E-state index is 0.0990. The monoisotopic (exact) mass is 331 g/mol. The van der Waals surface area contributed by atoms with Crippen LogP contribution in [0.15, 0.2) is 54.6 Å². The molecule has 3 rings (SSSR count). The fraction of sp³-hybridized carbons (Fsp3) is 0.278.